The van der Waals surface area contributed by atoms with Crippen LogP contribution in [0.2, 0.25) is 0 Å². The molecule has 2 unspecified atom stereocenters. The molecule has 0 aliphatic carbocycles. The quantitative estimate of drug-likeness (QED) is 0.918. The van der Waals surface area contributed by atoms with Crippen molar-refractivity contribution in [1.29, 1.82) is 0 Å². The van der Waals surface area contributed by atoms with Crippen LogP contribution in [0.4, 0.5) is 0 Å². The maximum atomic E-state index is 10.2. The summed E-state index contributed by atoms with van der Waals surface area (Å²) in [5, 5.41) is 14.7. The third-order valence-corrected chi connectivity index (χ3v) is 3.88. The molecule has 2 rings (SSSR count). The SMILES string of the molecule is CCC(C)n1ccc(CC(O)c2ncccc2Br)n1. The smallest absolute Gasteiger partial charge is 0.103 e. The van der Waals surface area contributed by atoms with Gasteiger partial charge >= 0.3 is 0 Å². The van der Waals surface area contributed by atoms with Crippen molar-refractivity contribution in [3.63, 3.8) is 0 Å². The first-order valence-corrected chi connectivity index (χ1v) is 7.23. The molecule has 102 valence electrons. The lowest BCUT2D eigenvalue weighted by atomic mass is 10.1. The van der Waals surface area contributed by atoms with E-state index in [0.29, 0.717) is 18.2 Å². The summed E-state index contributed by atoms with van der Waals surface area (Å²) in [6, 6.07) is 6.04. The minimum absolute atomic E-state index is 0.382. The van der Waals surface area contributed by atoms with Crippen LogP contribution in [0.5, 0.6) is 0 Å². The Morgan fingerprint density at radius 2 is 2.21 bits per heavy atom. The zero-order chi connectivity index (χ0) is 13.8. The Balaban J connectivity index is 2.09. The largest absolute Gasteiger partial charge is 0.386 e. The van der Waals surface area contributed by atoms with Crippen molar-refractivity contribution in [2.24, 2.45) is 0 Å². The summed E-state index contributed by atoms with van der Waals surface area (Å²) in [6.07, 6.45) is 4.51. The fraction of sp³-hybridized carbons (Fsp3) is 0.429. The molecular weight excluding hydrogens is 306 g/mol. The van der Waals surface area contributed by atoms with Crippen molar-refractivity contribution in [3.05, 3.63) is 46.5 Å². The first kappa shape index (κ1) is 14.2. The minimum atomic E-state index is -0.643. The average molecular weight is 324 g/mol. The number of rotatable bonds is 5. The lowest BCUT2D eigenvalue weighted by Crippen LogP contribution is -2.08. The molecule has 2 aromatic heterocycles. The summed E-state index contributed by atoms with van der Waals surface area (Å²) in [4.78, 5) is 4.20. The standard InChI is InChI=1S/C14H18BrN3O/c1-3-10(2)18-8-6-11(17-18)9-13(19)14-12(15)5-4-7-16-14/h4-8,10,13,19H,3,9H2,1-2H3. The number of halogens is 1. The van der Waals surface area contributed by atoms with Crippen molar-refractivity contribution < 1.29 is 5.11 Å². The summed E-state index contributed by atoms with van der Waals surface area (Å²) < 4.78 is 2.76. The van der Waals surface area contributed by atoms with Gasteiger partial charge in [0, 0.05) is 29.3 Å². The van der Waals surface area contributed by atoms with Crippen LogP contribution in [0, 0.1) is 0 Å². The third-order valence-electron chi connectivity index (χ3n) is 3.21. The zero-order valence-electron chi connectivity index (χ0n) is 11.1. The van der Waals surface area contributed by atoms with Gasteiger partial charge in [-0.25, -0.2) is 0 Å². The van der Waals surface area contributed by atoms with Crippen molar-refractivity contribution in [2.75, 3.05) is 0 Å². The third kappa shape index (κ3) is 3.42. The number of pyridine rings is 1. The van der Waals surface area contributed by atoms with Crippen molar-refractivity contribution >= 4 is 15.9 Å². The fourth-order valence-electron chi connectivity index (χ4n) is 1.86. The molecule has 19 heavy (non-hydrogen) atoms. The van der Waals surface area contributed by atoms with Gasteiger partial charge in [0.05, 0.1) is 11.4 Å². The predicted molar refractivity (Wildman–Crippen MR) is 77.8 cm³/mol. The van der Waals surface area contributed by atoms with Gasteiger partial charge in [0.25, 0.3) is 0 Å². The highest BCUT2D eigenvalue weighted by molar-refractivity contribution is 9.10. The van der Waals surface area contributed by atoms with Gasteiger partial charge in [0.2, 0.25) is 0 Å². The van der Waals surface area contributed by atoms with Crippen LogP contribution >= 0.6 is 15.9 Å². The molecule has 0 amide bonds. The summed E-state index contributed by atoms with van der Waals surface area (Å²) in [5.41, 5.74) is 1.53. The number of aliphatic hydroxyl groups excluding tert-OH is 1. The van der Waals surface area contributed by atoms with Gasteiger partial charge in [-0.05, 0) is 47.5 Å². The van der Waals surface area contributed by atoms with Crippen LogP contribution < -0.4 is 0 Å². The number of aliphatic hydroxyl groups is 1. The van der Waals surface area contributed by atoms with E-state index < -0.39 is 6.10 Å². The Morgan fingerprint density at radius 3 is 2.89 bits per heavy atom. The summed E-state index contributed by atoms with van der Waals surface area (Å²) in [7, 11) is 0. The van der Waals surface area contributed by atoms with Gasteiger partial charge in [-0.2, -0.15) is 5.10 Å². The Bertz CT molecular complexity index is 541. The van der Waals surface area contributed by atoms with Crippen LogP contribution in [0.1, 0.15) is 43.8 Å². The lowest BCUT2D eigenvalue weighted by molar-refractivity contribution is 0.171. The highest BCUT2D eigenvalue weighted by atomic mass is 79.9. The summed E-state index contributed by atoms with van der Waals surface area (Å²) >= 11 is 3.40. The minimum Gasteiger partial charge on any atom is -0.386 e. The Hall–Kier alpha value is -1.20. The van der Waals surface area contributed by atoms with E-state index in [1.54, 1.807) is 6.20 Å². The molecule has 0 spiro atoms. The van der Waals surface area contributed by atoms with E-state index in [1.165, 1.54) is 0 Å². The van der Waals surface area contributed by atoms with Crippen LogP contribution in [0.25, 0.3) is 0 Å². The van der Waals surface area contributed by atoms with Crippen LogP contribution in [0.15, 0.2) is 35.1 Å². The molecule has 2 atom stereocenters. The average Bonchev–Trinajstić information content (AvgIpc) is 2.86. The number of aromatic nitrogens is 3. The van der Waals surface area contributed by atoms with Gasteiger partial charge < -0.3 is 5.11 Å². The highest BCUT2D eigenvalue weighted by Crippen LogP contribution is 2.23. The van der Waals surface area contributed by atoms with Gasteiger partial charge in [0.15, 0.2) is 0 Å². The van der Waals surface area contributed by atoms with E-state index >= 15 is 0 Å². The molecule has 4 nitrogen and oxygen atoms in total. The highest BCUT2D eigenvalue weighted by Gasteiger charge is 2.15. The predicted octanol–water partition coefficient (Wildman–Crippen LogP) is 3.29. The van der Waals surface area contributed by atoms with E-state index in [1.807, 2.05) is 29.1 Å². The number of hydrogen-bond donors (Lipinski definition) is 1. The second kappa shape index (κ2) is 6.30. The van der Waals surface area contributed by atoms with Gasteiger partial charge in [-0.3, -0.25) is 9.67 Å². The first-order valence-electron chi connectivity index (χ1n) is 6.44. The molecule has 0 saturated heterocycles. The molecule has 0 fully saturated rings. The Kier molecular flexibility index (Phi) is 4.71. The normalized spacial score (nSPS) is 14.3. The number of hydrogen-bond acceptors (Lipinski definition) is 3. The molecule has 0 aliphatic heterocycles. The van der Waals surface area contributed by atoms with Crippen LogP contribution in [-0.4, -0.2) is 19.9 Å². The first-order chi connectivity index (χ1) is 9.11. The van der Waals surface area contributed by atoms with E-state index in [4.69, 9.17) is 0 Å². The Labute approximate surface area is 121 Å². The molecule has 5 heteroatoms. The molecule has 0 aliphatic rings. The monoisotopic (exact) mass is 323 g/mol. The molecule has 0 radical (unpaired) electrons. The van der Waals surface area contributed by atoms with Crippen molar-refractivity contribution in [3.8, 4) is 0 Å². The van der Waals surface area contributed by atoms with Crippen molar-refractivity contribution in [2.45, 2.75) is 38.8 Å². The van der Waals surface area contributed by atoms with Crippen LogP contribution in [-0.2, 0) is 6.42 Å². The second-order valence-electron chi connectivity index (χ2n) is 4.63. The molecule has 1 N–H and O–H groups in total. The summed E-state index contributed by atoms with van der Waals surface area (Å²) in [5.74, 6) is 0. The van der Waals surface area contributed by atoms with Gasteiger partial charge in [-0.15, -0.1) is 0 Å². The molecule has 0 bridgehead atoms. The van der Waals surface area contributed by atoms with Gasteiger partial charge in [0.1, 0.15) is 6.10 Å². The molecule has 2 aromatic rings. The number of nitrogens with zero attached hydrogens (tertiary/aromatic N) is 3. The lowest BCUT2D eigenvalue weighted by Gasteiger charge is -2.11. The molecule has 2 heterocycles. The van der Waals surface area contributed by atoms with E-state index in [9.17, 15) is 5.11 Å². The van der Waals surface area contributed by atoms with E-state index in [0.717, 1.165) is 16.6 Å². The maximum absolute atomic E-state index is 10.2. The van der Waals surface area contributed by atoms with E-state index in [-0.39, 0.29) is 0 Å². The van der Waals surface area contributed by atoms with Crippen LogP contribution in [0.3, 0.4) is 0 Å². The van der Waals surface area contributed by atoms with Gasteiger partial charge in [-0.1, -0.05) is 6.92 Å². The Morgan fingerprint density at radius 1 is 1.42 bits per heavy atom. The molecule has 0 saturated carbocycles. The summed E-state index contributed by atoms with van der Waals surface area (Å²) in [6.45, 7) is 4.26. The second-order valence-corrected chi connectivity index (χ2v) is 5.49. The maximum Gasteiger partial charge on any atom is 0.103 e. The zero-order valence-corrected chi connectivity index (χ0v) is 12.7. The molecular formula is C14H18BrN3O. The van der Waals surface area contributed by atoms with Crippen molar-refractivity contribution in [1.82, 2.24) is 14.8 Å². The molecule has 0 aromatic carbocycles. The fourth-order valence-corrected chi connectivity index (χ4v) is 2.38. The topological polar surface area (TPSA) is 50.9 Å². The van der Waals surface area contributed by atoms with E-state index in [2.05, 4.69) is 39.9 Å².